The molecule has 3 unspecified atom stereocenters. The lowest BCUT2D eigenvalue weighted by atomic mass is 9.99. The molecule has 0 amide bonds. The van der Waals surface area contributed by atoms with Gasteiger partial charge in [-0.05, 0) is 44.5 Å². The number of ether oxygens (including phenoxy) is 2. The fraction of sp³-hybridized carbons (Fsp3) is 0.812. The Morgan fingerprint density at radius 2 is 1.95 bits per heavy atom. The maximum Gasteiger partial charge on any atom is 0.368 e. The first kappa shape index (κ1) is 18.5. The Kier molecular flexibility index (Phi) is 7.24. The zero-order valence-corrected chi connectivity index (χ0v) is 14.5. The summed E-state index contributed by atoms with van der Waals surface area (Å²) in [5, 5.41) is 9.53. The van der Waals surface area contributed by atoms with Crippen LogP contribution in [0, 0.1) is 0 Å². The molecule has 0 radical (unpaired) electrons. The maximum absolute atomic E-state index is 11.9. The van der Waals surface area contributed by atoms with Crippen molar-refractivity contribution in [3.05, 3.63) is 12.2 Å². The Hall–Kier alpha value is -0.520. The molecule has 0 aromatic rings. The normalized spacial score (nSPS) is 27.3. The van der Waals surface area contributed by atoms with Crippen LogP contribution in [0.1, 0.15) is 53.9 Å². The first-order valence-corrected chi connectivity index (χ1v) is 8.39. The average Bonchev–Trinajstić information content (AvgIpc) is 2.28. The molecular weight excluding hydrogens is 288 g/mol. The van der Waals surface area contributed by atoms with Crippen LogP contribution >= 0.6 is 11.8 Å². The van der Waals surface area contributed by atoms with Crippen LogP contribution in [0.2, 0.25) is 0 Å². The molecule has 0 saturated heterocycles. The first-order chi connectivity index (χ1) is 9.65. The second kappa shape index (κ2) is 8.20. The van der Waals surface area contributed by atoms with Crippen molar-refractivity contribution < 1.29 is 19.4 Å². The number of hydrogen-bond donors (Lipinski definition) is 1. The number of hydrogen-bond acceptors (Lipinski definition) is 5. The van der Waals surface area contributed by atoms with Gasteiger partial charge < -0.3 is 14.6 Å². The summed E-state index contributed by atoms with van der Waals surface area (Å²) in [5.41, 5.74) is 0. The highest BCUT2D eigenvalue weighted by molar-refractivity contribution is 8.14. The second-order valence-electron chi connectivity index (χ2n) is 6.69. The van der Waals surface area contributed by atoms with Gasteiger partial charge in [0.2, 0.25) is 0 Å². The fourth-order valence-corrected chi connectivity index (χ4v) is 2.83. The van der Waals surface area contributed by atoms with Crippen molar-refractivity contribution in [2.75, 3.05) is 0 Å². The lowest BCUT2D eigenvalue weighted by Crippen LogP contribution is -2.29. The summed E-state index contributed by atoms with van der Waals surface area (Å²) in [5.74, 6) is 0. The van der Waals surface area contributed by atoms with Gasteiger partial charge in [0.1, 0.15) is 6.10 Å². The van der Waals surface area contributed by atoms with E-state index >= 15 is 0 Å². The molecule has 0 aliphatic heterocycles. The molecule has 3 atom stereocenters. The third kappa shape index (κ3) is 8.49. The molecule has 0 heterocycles. The van der Waals surface area contributed by atoms with E-state index in [0.29, 0.717) is 12.8 Å². The molecule has 0 aromatic heterocycles. The highest BCUT2D eigenvalue weighted by Crippen LogP contribution is 2.27. The van der Waals surface area contributed by atoms with E-state index in [2.05, 4.69) is 0 Å². The summed E-state index contributed by atoms with van der Waals surface area (Å²) >= 11 is 1.18. The smallest absolute Gasteiger partial charge is 0.368 e. The van der Waals surface area contributed by atoms with Crippen LogP contribution in [0.3, 0.4) is 0 Å². The standard InChI is InChI=1S/C16H28O4S/c1-11(2)19-13-8-6-12(17)7-9-14(10-13)20-15(18)21-16(3,4)5/h7,9,11-14,17H,6,8,10H2,1-5H3. The van der Waals surface area contributed by atoms with Crippen LogP contribution in [-0.2, 0) is 9.47 Å². The summed E-state index contributed by atoms with van der Waals surface area (Å²) in [6.07, 6.45) is 4.85. The van der Waals surface area contributed by atoms with Crippen molar-refractivity contribution in [3.63, 3.8) is 0 Å². The molecule has 0 aromatic carbocycles. The number of rotatable bonds is 3. The largest absolute Gasteiger partial charge is 0.450 e. The number of aliphatic hydroxyl groups is 1. The van der Waals surface area contributed by atoms with E-state index in [9.17, 15) is 9.90 Å². The molecule has 0 spiro atoms. The summed E-state index contributed by atoms with van der Waals surface area (Å²) in [6.45, 7) is 9.90. The summed E-state index contributed by atoms with van der Waals surface area (Å²) < 4.78 is 11.2. The quantitative estimate of drug-likeness (QED) is 0.632. The SMILES string of the molecule is CC(C)OC1CCC(O)C=CC(OC(=O)SC(C)(C)C)C1. The Bertz CT molecular complexity index is 360. The van der Waals surface area contributed by atoms with Gasteiger partial charge in [0.15, 0.2) is 0 Å². The first-order valence-electron chi connectivity index (χ1n) is 7.57. The van der Waals surface area contributed by atoms with Gasteiger partial charge in [-0.3, -0.25) is 0 Å². The van der Waals surface area contributed by atoms with E-state index in [4.69, 9.17) is 9.47 Å². The minimum Gasteiger partial charge on any atom is -0.450 e. The number of carbonyl (C=O) groups is 1. The van der Waals surface area contributed by atoms with Crippen LogP contribution in [-0.4, -0.2) is 39.6 Å². The molecule has 1 aliphatic rings. The monoisotopic (exact) mass is 316 g/mol. The number of thioether (sulfide) groups is 1. The molecule has 5 heteroatoms. The van der Waals surface area contributed by atoms with Gasteiger partial charge in [0, 0.05) is 11.2 Å². The van der Waals surface area contributed by atoms with Crippen LogP contribution in [0.15, 0.2) is 12.2 Å². The van der Waals surface area contributed by atoms with Gasteiger partial charge >= 0.3 is 5.30 Å². The van der Waals surface area contributed by atoms with Crippen LogP contribution < -0.4 is 0 Å². The van der Waals surface area contributed by atoms with E-state index in [-0.39, 0.29) is 28.4 Å². The van der Waals surface area contributed by atoms with Crippen molar-refractivity contribution in [1.29, 1.82) is 0 Å². The molecule has 21 heavy (non-hydrogen) atoms. The highest BCUT2D eigenvalue weighted by atomic mass is 32.2. The van der Waals surface area contributed by atoms with Gasteiger partial charge in [0.25, 0.3) is 0 Å². The van der Waals surface area contributed by atoms with Crippen molar-refractivity contribution in [2.24, 2.45) is 0 Å². The molecule has 1 N–H and O–H groups in total. The Morgan fingerprint density at radius 3 is 2.52 bits per heavy atom. The molecule has 1 aliphatic carbocycles. The number of aliphatic hydroxyl groups excluding tert-OH is 1. The topological polar surface area (TPSA) is 55.8 Å². The van der Waals surface area contributed by atoms with E-state index in [1.165, 1.54) is 11.8 Å². The lowest BCUT2D eigenvalue weighted by molar-refractivity contribution is -0.0249. The minimum atomic E-state index is -0.500. The van der Waals surface area contributed by atoms with Gasteiger partial charge in [0.05, 0.1) is 18.3 Å². The molecule has 0 saturated carbocycles. The molecular formula is C16H28O4S. The van der Waals surface area contributed by atoms with Crippen LogP contribution in [0.25, 0.3) is 0 Å². The van der Waals surface area contributed by atoms with Gasteiger partial charge in [-0.1, -0.05) is 26.8 Å². The average molecular weight is 316 g/mol. The highest BCUT2D eigenvalue weighted by Gasteiger charge is 2.25. The van der Waals surface area contributed by atoms with Crippen LogP contribution in [0.5, 0.6) is 0 Å². The van der Waals surface area contributed by atoms with E-state index < -0.39 is 6.10 Å². The Balaban J connectivity index is 2.65. The van der Waals surface area contributed by atoms with Crippen molar-refractivity contribution in [1.82, 2.24) is 0 Å². The van der Waals surface area contributed by atoms with E-state index in [1.54, 1.807) is 12.2 Å². The van der Waals surface area contributed by atoms with Gasteiger partial charge in [-0.25, -0.2) is 4.79 Å². The van der Waals surface area contributed by atoms with Gasteiger partial charge in [-0.2, -0.15) is 0 Å². The number of carbonyl (C=O) groups excluding carboxylic acids is 1. The summed E-state index contributed by atoms with van der Waals surface area (Å²) in [7, 11) is 0. The third-order valence-electron chi connectivity index (χ3n) is 2.93. The summed E-state index contributed by atoms with van der Waals surface area (Å²) in [4.78, 5) is 11.9. The predicted octanol–water partition coefficient (Wildman–Crippen LogP) is 3.92. The van der Waals surface area contributed by atoms with E-state index in [1.807, 2.05) is 34.6 Å². The van der Waals surface area contributed by atoms with E-state index in [0.717, 1.165) is 6.42 Å². The van der Waals surface area contributed by atoms with Crippen molar-refractivity contribution in [3.8, 4) is 0 Å². The molecule has 0 fully saturated rings. The second-order valence-corrected chi connectivity index (χ2v) is 8.46. The Morgan fingerprint density at radius 1 is 1.29 bits per heavy atom. The zero-order chi connectivity index (χ0) is 16.0. The summed E-state index contributed by atoms with van der Waals surface area (Å²) in [6, 6.07) is 0. The van der Waals surface area contributed by atoms with Crippen molar-refractivity contribution in [2.45, 2.75) is 83.0 Å². The molecule has 4 nitrogen and oxygen atoms in total. The van der Waals surface area contributed by atoms with Crippen LogP contribution in [0.4, 0.5) is 4.79 Å². The van der Waals surface area contributed by atoms with Crippen molar-refractivity contribution >= 4 is 17.1 Å². The predicted molar refractivity (Wildman–Crippen MR) is 86.6 cm³/mol. The fourth-order valence-electron chi connectivity index (χ4n) is 2.15. The van der Waals surface area contributed by atoms with Gasteiger partial charge in [-0.15, -0.1) is 0 Å². The third-order valence-corrected chi connectivity index (χ3v) is 3.80. The molecule has 122 valence electrons. The maximum atomic E-state index is 11.9. The zero-order valence-electron chi connectivity index (χ0n) is 13.7. The lowest BCUT2D eigenvalue weighted by Gasteiger charge is -2.27. The molecule has 1 rings (SSSR count). The minimum absolute atomic E-state index is 0.00189. The molecule has 0 bridgehead atoms. The Labute approximate surface area is 132 Å².